The van der Waals surface area contributed by atoms with E-state index in [1.807, 2.05) is 18.2 Å². The summed E-state index contributed by atoms with van der Waals surface area (Å²) in [4.78, 5) is 0. The summed E-state index contributed by atoms with van der Waals surface area (Å²) >= 11 is 2.28. The Labute approximate surface area is 91.2 Å². The van der Waals surface area contributed by atoms with Crippen LogP contribution in [0.2, 0.25) is 0 Å². The quantitative estimate of drug-likeness (QED) is 0.743. The van der Waals surface area contributed by atoms with E-state index >= 15 is 0 Å². The van der Waals surface area contributed by atoms with E-state index < -0.39 is 0 Å². The summed E-state index contributed by atoms with van der Waals surface area (Å²) in [6, 6.07) is 6.12. The zero-order chi connectivity index (χ0) is 7.68. The van der Waals surface area contributed by atoms with Crippen LogP contribution in [0.15, 0.2) is 18.2 Å². The predicted molar refractivity (Wildman–Crippen MR) is 60.4 cm³/mol. The molecular formula is C8H9ClINO. The van der Waals surface area contributed by atoms with Crippen molar-refractivity contribution in [1.29, 1.82) is 0 Å². The first-order valence-electron chi connectivity index (χ1n) is 3.53. The fourth-order valence-corrected chi connectivity index (χ4v) is 1.79. The third-order valence-corrected chi connectivity index (χ3v) is 2.48. The predicted octanol–water partition coefficient (Wildman–Crippen LogP) is 2.52. The van der Waals surface area contributed by atoms with Crippen LogP contribution in [0.3, 0.4) is 0 Å². The molecule has 0 unspecified atom stereocenters. The molecule has 0 aliphatic carbocycles. The van der Waals surface area contributed by atoms with Gasteiger partial charge in [-0.1, -0.05) is 6.07 Å². The number of para-hydroxylation sites is 1. The highest BCUT2D eigenvalue weighted by atomic mass is 127. The van der Waals surface area contributed by atoms with Crippen LogP contribution in [0.1, 0.15) is 0 Å². The molecule has 0 bridgehead atoms. The Kier molecular flexibility index (Phi) is 3.46. The first-order chi connectivity index (χ1) is 5.38. The van der Waals surface area contributed by atoms with Crippen LogP contribution >= 0.6 is 35.0 Å². The molecular weight excluding hydrogens is 288 g/mol. The summed E-state index contributed by atoms with van der Waals surface area (Å²) in [5.74, 6) is 0.999. The third-order valence-electron chi connectivity index (χ3n) is 1.63. The Hall–Kier alpha value is -0.160. The van der Waals surface area contributed by atoms with Gasteiger partial charge in [-0.05, 0) is 34.7 Å². The molecule has 4 heteroatoms. The maximum Gasteiger partial charge on any atom is 0.155 e. The van der Waals surface area contributed by atoms with Crippen LogP contribution in [0.25, 0.3) is 0 Å². The number of anilines is 1. The zero-order valence-electron chi connectivity index (χ0n) is 6.34. The maximum atomic E-state index is 5.48. The molecule has 1 N–H and O–H groups in total. The maximum absolute atomic E-state index is 5.48. The fourth-order valence-electron chi connectivity index (χ4n) is 1.13. The molecule has 0 saturated carbocycles. The molecule has 0 fully saturated rings. The lowest BCUT2D eigenvalue weighted by Gasteiger charge is -2.19. The Morgan fingerprint density at radius 2 is 2.25 bits per heavy atom. The summed E-state index contributed by atoms with van der Waals surface area (Å²) in [5, 5.41) is 3.27. The van der Waals surface area contributed by atoms with Crippen molar-refractivity contribution in [3.63, 3.8) is 0 Å². The molecule has 1 heterocycles. The molecule has 2 nitrogen and oxygen atoms in total. The van der Waals surface area contributed by atoms with Crippen LogP contribution < -0.4 is 10.1 Å². The summed E-state index contributed by atoms with van der Waals surface area (Å²) in [6.45, 7) is 1.68. The molecule has 0 amide bonds. The third kappa shape index (κ3) is 1.77. The monoisotopic (exact) mass is 297 g/mol. The van der Waals surface area contributed by atoms with Gasteiger partial charge in [-0.2, -0.15) is 0 Å². The van der Waals surface area contributed by atoms with Gasteiger partial charge >= 0.3 is 0 Å². The highest BCUT2D eigenvalue weighted by Crippen LogP contribution is 2.31. The Morgan fingerprint density at radius 3 is 3.00 bits per heavy atom. The second-order valence-electron chi connectivity index (χ2n) is 2.39. The molecule has 1 aromatic carbocycles. The number of rotatable bonds is 0. The molecule has 1 aromatic rings. The average molecular weight is 298 g/mol. The number of hydrogen-bond acceptors (Lipinski definition) is 2. The van der Waals surface area contributed by atoms with Gasteiger partial charge in [-0.25, -0.2) is 0 Å². The summed E-state index contributed by atoms with van der Waals surface area (Å²) in [5.41, 5.74) is 1.11. The first-order valence-corrected chi connectivity index (χ1v) is 4.61. The van der Waals surface area contributed by atoms with Crippen LogP contribution in [0, 0.1) is 3.57 Å². The van der Waals surface area contributed by atoms with Crippen LogP contribution in [0.4, 0.5) is 5.69 Å². The summed E-state index contributed by atoms with van der Waals surface area (Å²) in [6.07, 6.45) is 0. The van der Waals surface area contributed by atoms with E-state index in [-0.39, 0.29) is 12.4 Å². The van der Waals surface area contributed by atoms with E-state index in [0.29, 0.717) is 0 Å². The van der Waals surface area contributed by atoms with Crippen LogP contribution in [0.5, 0.6) is 5.75 Å². The van der Waals surface area contributed by atoms with E-state index in [4.69, 9.17) is 4.74 Å². The topological polar surface area (TPSA) is 21.3 Å². The van der Waals surface area contributed by atoms with E-state index in [1.165, 1.54) is 3.57 Å². The van der Waals surface area contributed by atoms with Gasteiger partial charge in [0.2, 0.25) is 0 Å². The average Bonchev–Trinajstić information content (AvgIpc) is 2.06. The van der Waals surface area contributed by atoms with Crippen molar-refractivity contribution in [2.24, 2.45) is 0 Å². The second kappa shape index (κ2) is 4.18. The van der Waals surface area contributed by atoms with Gasteiger partial charge in [0.1, 0.15) is 6.61 Å². The number of nitrogens with one attached hydrogen (secondary N) is 1. The number of fused-ring (bicyclic) bond motifs is 1. The van der Waals surface area contributed by atoms with Gasteiger partial charge in [0.05, 0.1) is 9.26 Å². The SMILES string of the molecule is Cl.Ic1cccc2c1OCCN2. The Bertz CT molecular complexity index is 280. The lowest BCUT2D eigenvalue weighted by molar-refractivity contribution is 0.321. The van der Waals surface area contributed by atoms with E-state index in [2.05, 4.69) is 27.9 Å². The van der Waals surface area contributed by atoms with Gasteiger partial charge in [-0.3, -0.25) is 0 Å². The van der Waals surface area contributed by atoms with Crippen LogP contribution in [-0.4, -0.2) is 13.2 Å². The lowest BCUT2D eigenvalue weighted by atomic mass is 10.2. The molecule has 0 aromatic heterocycles. The fraction of sp³-hybridized carbons (Fsp3) is 0.250. The van der Waals surface area contributed by atoms with E-state index in [1.54, 1.807) is 0 Å². The van der Waals surface area contributed by atoms with Crippen molar-refractivity contribution in [3.8, 4) is 5.75 Å². The standard InChI is InChI=1S/C8H8INO.ClH/c9-6-2-1-3-7-8(6)11-5-4-10-7;/h1-3,10H,4-5H2;1H. The molecule has 1 aliphatic heterocycles. The number of ether oxygens (including phenoxy) is 1. The normalized spacial score (nSPS) is 13.4. The molecule has 0 saturated heterocycles. The zero-order valence-corrected chi connectivity index (χ0v) is 9.31. The van der Waals surface area contributed by atoms with Crippen molar-refractivity contribution in [1.82, 2.24) is 0 Å². The first kappa shape index (κ1) is 9.92. The number of hydrogen-bond donors (Lipinski definition) is 1. The number of halogens is 2. The number of benzene rings is 1. The van der Waals surface area contributed by atoms with Gasteiger partial charge in [0, 0.05) is 6.54 Å². The molecule has 2 rings (SSSR count). The highest BCUT2D eigenvalue weighted by Gasteiger charge is 2.10. The van der Waals surface area contributed by atoms with Crippen molar-refractivity contribution in [3.05, 3.63) is 21.8 Å². The van der Waals surface area contributed by atoms with E-state index in [0.717, 1.165) is 24.6 Å². The summed E-state index contributed by atoms with van der Waals surface area (Å²) < 4.78 is 6.66. The minimum atomic E-state index is 0. The Balaban J connectivity index is 0.000000720. The van der Waals surface area contributed by atoms with Crippen molar-refractivity contribution in [2.45, 2.75) is 0 Å². The smallest absolute Gasteiger partial charge is 0.155 e. The van der Waals surface area contributed by atoms with Gasteiger partial charge in [0.25, 0.3) is 0 Å². The summed E-state index contributed by atoms with van der Waals surface area (Å²) in [7, 11) is 0. The van der Waals surface area contributed by atoms with Crippen molar-refractivity contribution >= 4 is 40.7 Å². The molecule has 0 atom stereocenters. The molecule has 12 heavy (non-hydrogen) atoms. The van der Waals surface area contributed by atoms with Gasteiger partial charge in [-0.15, -0.1) is 12.4 Å². The van der Waals surface area contributed by atoms with Crippen LogP contribution in [-0.2, 0) is 0 Å². The molecule has 66 valence electrons. The lowest BCUT2D eigenvalue weighted by Crippen LogP contribution is -2.18. The molecule has 1 aliphatic rings. The minimum Gasteiger partial charge on any atom is -0.488 e. The second-order valence-corrected chi connectivity index (χ2v) is 3.55. The Morgan fingerprint density at radius 1 is 1.42 bits per heavy atom. The van der Waals surface area contributed by atoms with Gasteiger partial charge < -0.3 is 10.1 Å². The highest BCUT2D eigenvalue weighted by molar-refractivity contribution is 14.1. The van der Waals surface area contributed by atoms with Crippen molar-refractivity contribution < 1.29 is 4.74 Å². The largest absolute Gasteiger partial charge is 0.488 e. The molecule has 0 radical (unpaired) electrons. The van der Waals surface area contributed by atoms with E-state index in [9.17, 15) is 0 Å². The minimum absolute atomic E-state index is 0. The van der Waals surface area contributed by atoms with Gasteiger partial charge in [0.15, 0.2) is 5.75 Å². The molecule has 0 spiro atoms. The van der Waals surface area contributed by atoms with Crippen molar-refractivity contribution in [2.75, 3.05) is 18.5 Å².